The Hall–Kier alpha value is -4.03. The van der Waals surface area contributed by atoms with E-state index in [1.165, 1.54) is 22.5 Å². The van der Waals surface area contributed by atoms with Gasteiger partial charge in [0.05, 0.1) is 29.7 Å². The van der Waals surface area contributed by atoms with Gasteiger partial charge in [-0.2, -0.15) is 5.26 Å². The maximum atomic E-state index is 13.4. The van der Waals surface area contributed by atoms with Crippen molar-refractivity contribution in [2.24, 2.45) is 0 Å². The highest BCUT2D eigenvalue weighted by atomic mass is 32.2. The van der Waals surface area contributed by atoms with Crippen LogP contribution in [0.25, 0.3) is 16.5 Å². The fraction of sp³-hybridized carbons (Fsp3) is 0.200. The highest BCUT2D eigenvalue weighted by Crippen LogP contribution is 2.49. The van der Waals surface area contributed by atoms with Gasteiger partial charge in [0.1, 0.15) is 17.5 Å². The number of aromatic nitrogens is 3. The lowest BCUT2D eigenvalue weighted by Gasteiger charge is -2.27. The number of nitriles is 1. The summed E-state index contributed by atoms with van der Waals surface area (Å²) in [5.41, 5.74) is 0.775. The standard InChI is InChI=1S/C25H19N5O3S/c26-11-19-17-8-4-5-9-18(17)21(12-27-19)30-24(32)23-20-10-15(29(23)25(30)33)13-28(20)22(31)14-34-16-6-2-1-3-7-16/h1-9,12,15,20,32H,10,13-14H2/t15-,20-/m0/s1. The molecule has 4 heterocycles. The normalized spacial score (nSPS) is 18.3. The molecular formula is C25H19N5O3S. The first-order chi connectivity index (χ1) is 16.6. The molecule has 0 aliphatic carbocycles. The topological polar surface area (TPSA) is 104 Å². The van der Waals surface area contributed by atoms with Crippen LogP contribution in [0, 0.1) is 11.3 Å². The van der Waals surface area contributed by atoms with Crippen LogP contribution in [0.5, 0.6) is 5.88 Å². The quantitative estimate of drug-likeness (QED) is 0.460. The molecule has 1 fully saturated rings. The Labute approximate surface area is 198 Å². The molecule has 0 saturated carbocycles. The molecule has 0 unspecified atom stereocenters. The first-order valence-corrected chi connectivity index (χ1v) is 11.9. The SMILES string of the molecule is N#Cc1ncc(-n2c(O)c3n(c2=O)[C@H]2C[C@@H]3N(C(=O)CSc3ccccc3)C2)c2ccccc12. The molecule has 168 valence electrons. The van der Waals surface area contributed by atoms with Crippen LogP contribution in [-0.2, 0) is 4.79 Å². The minimum absolute atomic E-state index is 0.0160. The molecule has 0 radical (unpaired) electrons. The fourth-order valence-corrected chi connectivity index (χ4v) is 5.93. The molecule has 2 atom stereocenters. The van der Waals surface area contributed by atoms with E-state index in [1.54, 1.807) is 27.7 Å². The molecule has 2 bridgehead atoms. The summed E-state index contributed by atoms with van der Waals surface area (Å²) in [4.78, 5) is 33.4. The van der Waals surface area contributed by atoms with Crippen LogP contribution in [0.1, 0.15) is 29.9 Å². The first-order valence-electron chi connectivity index (χ1n) is 10.9. The predicted molar refractivity (Wildman–Crippen MR) is 127 cm³/mol. The Bertz CT molecular complexity index is 1550. The highest BCUT2D eigenvalue weighted by molar-refractivity contribution is 8.00. The van der Waals surface area contributed by atoms with Gasteiger partial charge in [0.25, 0.3) is 0 Å². The predicted octanol–water partition coefficient (Wildman–Crippen LogP) is 3.38. The number of benzene rings is 2. The monoisotopic (exact) mass is 469 g/mol. The fourth-order valence-electron chi connectivity index (χ4n) is 5.13. The molecular weight excluding hydrogens is 450 g/mol. The van der Waals surface area contributed by atoms with E-state index >= 15 is 0 Å². The smallest absolute Gasteiger partial charge is 0.336 e. The molecule has 4 aromatic rings. The summed E-state index contributed by atoms with van der Waals surface area (Å²) in [5, 5.41) is 21.9. The average Bonchev–Trinajstić information content (AvgIpc) is 3.54. The number of fused-ring (bicyclic) bond motifs is 6. The summed E-state index contributed by atoms with van der Waals surface area (Å²) in [6.07, 6.45) is 2.06. The summed E-state index contributed by atoms with van der Waals surface area (Å²) < 4.78 is 2.86. The highest BCUT2D eigenvalue weighted by Gasteiger charge is 2.49. The number of hydrogen-bond acceptors (Lipinski definition) is 6. The van der Waals surface area contributed by atoms with E-state index in [4.69, 9.17) is 0 Å². The molecule has 2 aliphatic rings. The summed E-state index contributed by atoms with van der Waals surface area (Å²) in [6, 6.07) is 18.5. The number of amides is 1. The maximum absolute atomic E-state index is 13.4. The van der Waals surface area contributed by atoms with Crippen molar-refractivity contribution in [2.75, 3.05) is 12.3 Å². The second-order valence-electron chi connectivity index (χ2n) is 8.40. The van der Waals surface area contributed by atoms with Crippen LogP contribution in [-0.4, -0.2) is 42.3 Å². The zero-order chi connectivity index (χ0) is 23.4. The largest absolute Gasteiger partial charge is 0.493 e. The van der Waals surface area contributed by atoms with E-state index < -0.39 is 0 Å². The third-order valence-electron chi connectivity index (χ3n) is 6.60. The number of hydrogen-bond donors (Lipinski definition) is 1. The molecule has 1 N–H and O–H groups in total. The lowest BCUT2D eigenvalue weighted by molar-refractivity contribution is -0.129. The van der Waals surface area contributed by atoms with Crippen LogP contribution in [0.3, 0.4) is 0 Å². The van der Waals surface area contributed by atoms with E-state index in [9.17, 15) is 20.0 Å². The number of nitrogens with zero attached hydrogens (tertiary/aromatic N) is 5. The molecule has 6 rings (SSSR count). The molecule has 2 aromatic carbocycles. The van der Waals surface area contributed by atoms with Gasteiger partial charge in [0.15, 0.2) is 0 Å². The molecule has 8 nitrogen and oxygen atoms in total. The number of imidazole rings is 1. The molecule has 34 heavy (non-hydrogen) atoms. The number of likely N-dealkylation sites (tertiary alicyclic amines) is 1. The van der Waals surface area contributed by atoms with Crippen LogP contribution in [0.2, 0.25) is 0 Å². The minimum atomic E-state index is -0.359. The van der Waals surface area contributed by atoms with Gasteiger partial charge in [-0.05, 0) is 18.6 Å². The van der Waals surface area contributed by atoms with Gasteiger partial charge in [0, 0.05) is 22.2 Å². The van der Waals surface area contributed by atoms with Gasteiger partial charge in [0.2, 0.25) is 11.8 Å². The second-order valence-corrected chi connectivity index (χ2v) is 9.45. The van der Waals surface area contributed by atoms with Crippen LogP contribution in [0.15, 0.2) is 70.5 Å². The van der Waals surface area contributed by atoms with Crippen molar-refractivity contribution >= 4 is 28.4 Å². The lowest BCUT2D eigenvalue weighted by atomic mass is 10.1. The van der Waals surface area contributed by atoms with Crippen LogP contribution < -0.4 is 5.69 Å². The molecule has 0 spiro atoms. The van der Waals surface area contributed by atoms with Crippen molar-refractivity contribution in [3.63, 3.8) is 0 Å². The van der Waals surface area contributed by atoms with Crippen molar-refractivity contribution in [1.82, 2.24) is 19.0 Å². The van der Waals surface area contributed by atoms with E-state index in [-0.39, 0.29) is 35.3 Å². The summed E-state index contributed by atoms with van der Waals surface area (Å²) in [7, 11) is 0. The van der Waals surface area contributed by atoms with E-state index in [2.05, 4.69) is 11.1 Å². The Morgan fingerprint density at radius 1 is 1.15 bits per heavy atom. The zero-order valence-corrected chi connectivity index (χ0v) is 18.8. The average molecular weight is 470 g/mol. The number of rotatable bonds is 4. The second kappa shape index (κ2) is 7.78. The van der Waals surface area contributed by atoms with E-state index in [0.29, 0.717) is 40.9 Å². The summed E-state index contributed by atoms with van der Waals surface area (Å²) in [5.74, 6) is 0.100. The maximum Gasteiger partial charge on any atom is 0.336 e. The van der Waals surface area contributed by atoms with Gasteiger partial charge in [-0.15, -0.1) is 11.8 Å². The van der Waals surface area contributed by atoms with Crippen LogP contribution in [0.4, 0.5) is 0 Å². The Morgan fingerprint density at radius 2 is 1.88 bits per heavy atom. The van der Waals surface area contributed by atoms with Gasteiger partial charge < -0.3 is 10.0 Å². The van der Waals surface area contributed by atoms with Gasteiger partial charge in [-0.25, -0.2) is 14.3 Å². The van der Waals surface area contributed by atoms with Crippen LogP contribution >= 0.6 is 11.8 Å². The van der Waals surface area contributed by atoms with Crippen molar-refractivity contribution < 1.29 is 9.90 Å². The minimum Gasteiger partial charge on any atom is -0.493 e. The summed E-state index contributed by atoms with van der Waals surface area (Å²) >= 11 is 1.48. The number of carbonyl (C=O) groups is 1. The van der Waals surface area contributed by atoms with Crippen molar-refractivity contribution in [3.05, 3.63) is 82.7 Å². The van der Waals surface area contributed by atoms with E-state index in [1.807, 2.05) is 36.4 Å². The van der Waals surface area contributed by atoms with E-state index in [0.717, 1.165) is 4.90 Å². The van der Waals surface area contributed by atoms with Gasteiger partial charge >= 0.3 is 5.69 Å². The zero-order valence-electron chi connectivity index (χ0n) is 18.0. The third kappa shape index (κ3) is 2.96. The molecule has 2 aromatic heterocycles. The number of thioether (sulfide) groups is 1. The molecule has 2 aliphatic heterocycles. The Morgan fingerprint density at radius 3 is 2.65 bits per heavy atom. The third-order valence-corrected chi connectivity index (χ3v) is 7.60. The van der Waals surface area contributed by atoms with Crippen molar-refractivity contribution in [2.45, 2.75) is 23.4 Å². The molecule has 9 heteroatoms. The Balaban J connectivity index is 1.37. The molecule has 1 saturated heterocycles. The van der Waals surface area contributed by atoms with Gasteiger partial charge in [-0.1, -0.05) is 42.5 Å². The lowest BCUT2D eigenvalue weighted by Crippen LogP contribution is -2.38. The number of aromatic hydroxyl groups is 1. The number of pyridine rings is 1. The van der Waals surface area contributed by atoms with Crippen molar-refractivity contribution in [1.29, 1.82) is 5.26 Å². The first kappa shape index (κ1) is 20.6. The molecule has 1 amide bonds. The Kier molecular flexibility index (Phi) is 4.71. The van der Waals surface area contributed by atoms with Gasteiger partial charge in [-0.3, -0.25) is 9.36 Å². The number of carbonyl (C=O) groups excluding carboxylic acids is 1. The van der Waals surface area contributed by atoms with Crippen molar-refractivity contribution in [3.8, 4) is 17.6 Å². The summed E-state index contributed by atoms with van der Waals surface area (Å²) in [6.45, 7) is 0.446.